The molecule has 2 heterocycles. The first-order valence-corrected chi connectivity index (χ1v) is 5.61. The van der Waals surface area contributed by atoms with Crippen LogP contribution in [0.4, 0.5) is 0 Å². The Bertz CT molecular complexity index is 534. The molecular formula is C10H11N5OS. The summed E-state index contributed by atoms with van der Waals surface area (Å²) in [4.78, 5) is 6.09. The standard InChI is InChI=1S/C10H11N5OS/c1-15-6-8(5-13-15)17-7-2-3-9(12-4-7)10(11)14-16/h2-6,16H,1H3,(H2,11,14). The van der Waals surface area contributed by atoms with Gasteiger partial charge in [-0.05, 0) is 12.1 Å². The van der Waals surface area contributed by atoms with Crippen molar-refractivity contribution >= 4 is 17.6 Å². The number of rotatable bonds is 3. The lowest BCUT2D eigenvalue weighted by atomic mass is 10.3. The van der Waals surface area contributed by atoms with E-state index < -0.39 is 0 Å². The molecule has 0 fully saturated rings. The Kier molecular flexibility index (Phi) is 3.29. The highest BCUT2D eigenvalue weighted by atomic mass is 32.2. The monoisotopic (exact) mass is 249 g/mol. The van der Waals surface area contributed by atoms with Crippen LogP contribution in [0.1, 0.15) is 5.69 Å². The molecule has 7 heteroatoms. The molecule has 0 bridgehead atoms. The summed E-state index contributed by atoms with van der Waals surface area (Å²) in [6.07, 6.45) is 5.37. The van der Waals surface area contributed by atoms with E-state index in [9.17, 15) is 0 Å². The summed E-state index contributed by atoms with van der Waals surface area (Å²) in [5, 5.41) is 15.5. The molecule has 0 spiro atoms. The Morgan fingerprint density at radius 2 is 2.24 bits per heavy atom. The van der Waals surface area contributed by atoms with Gasteiger partial charge in [-0.25, -0.2) is 0 Å². The molecule has 6 nitrogen and oxygen atoms in total. The molecule has 0 saturated carbocycles. The molecule has 0 aromatic carbocycles. The maximum absolute atomic E-state index is 8.50. The van der Waals surface area contributed by atoms with Gasteiger partial charge in [-0.3, -0.25) is 9.67 Å². The van der Waals surface area contributed by atoms with Gasteiger partial charge in [-0.15, -0.1) is 0 Å². The molecule has 0 aliphatic rings. The fraction of sp³-hybridized carbons (Fsp3) is 0.100. The minimum absolute atomic E-state index is 0.00271. The van der Waals surface area contributed by atoms with Gasteiger partial charge < -0.3 is 10.9 Å². The number of oxime groups is 1. The minimum Gasteiger partial charge on any atom is -0.409 e. The van der Waals surface area contributed by atoms with Crippen LogP contribution in [0.3, 0.4) is 0 Å². The van der Waals surface area contributed by atoms with Crippen LogP contribution in [-0.2, 0) is 7.05 Å². The molecule has 2 aromatic heterocycles. The zero-order valence-corrected chi connectivity index (χ0v) is 9.92. The normalized spacial score (nSPS) is 11.7. The van der Waals surface area contributed by atoms with Crippen LogP contribution in [0.2, 0.25) is 0 Å². The fourth-order valence-electron chi connectivity index (χ4n) is 1.23. The third-order valence-corrected chi connectivity index (χ3v) is 2.95. The third-order valence-electron chi connectivity index (χ3n) is 2.02. The lowest BCUT2D eigenvalue weighted by molar-refractivity contribution is 0.318. The number of nitrogens with zero attached hydrogens (tertiary/aromatic N) is 4. The number of nitrogens with two attached hydrogens (primary N) is 1. The highest BCUT2D eigenvalue weighted by molar-refractivity contribution is 7.99. The summed E-state index contributed by atoms with van der Waals surface area (Å²) in [6.45, 7) is 0. The first-order chi connectivity index (χ1) is 8.19. The summed E-state index contributed by atoms with van der Waals surface area (Å²) in [5.41, 5.74) is 5.86. The van der Waals surface area contributed by atoms with Crippen molar-refractivity contribution in [2.45, 2.75) is 9.79 Å². The van der Waals surface area contributed by atoms with Crippen LogP contribution in [-0.4, -0.2) is 25.8 Å². The maximum atomic E-state index is 8.50. The summed E-state index contributed by atoms with van der Waals surface area (Å²) in [5.74, 6) is 0.00271. The van der Waals surface area contributed by atoms with E-state index >= 15 is 0 Å². The largest absolute Gasteiger partial charge is 0.409 e. The van der Waals surface area contributed by atoms with Crippen molar-refractivity contribution in [2.24, 2.45) is 17.9 Å². The van der Waals surface area contributed by atoms with Gasteiger partial charge in [0.1, 0.15) is 5.69 Å². The van der Waals surface area contributed by atoms with Gasteiger partial charge in [0.25, 0.3) is 0 Å². The molecule has 0 atom stereocenters. The van der Waals surface area contributed by atoms with E-state index in [0.717, 1.165) is 9.79 Å². The highest BCUT2D eigenvalue weighted by Crippen LogP contribution is 2.26. The zero-order chi connectivity index (χ0) is 12.3. The molecule has 2 rings (SSSR count). The number of hydrogen-bond donors (Lipinski definition) is 2. The average molecular weight is 249 g/mol. The van der Waals surface area contributed by atoms with Gasteiger partial charge in [0.15, 0.2) is 5.84 Å². The van der Waals surface area contributed by atoms with Gasteiger partial charge in [-0.2, -0.15) is 5.10 Å². The van der Waals surface area contributed by atoms with E-state index in [0.29, 0.717) is 5.69 Å². The zero-order valence-electron chi connectivity index (χ0n) is 9.11. The predicted octanol–water partition coefficient (Wildman–Crippen LogP) is 1.06. The second-order valence-electron chi connectivity index (χ2n) is 3.32. The number of amidine groups is 1. The summed E-state index contributed by atoms with van der Waals surface area (Å²) in [7, 11) is 1.86. The minimum atomic E-state index is 0.00271. The van der Waals surface area contributed by atoms with E-state index in [2.05, 4.69) is 15.2 Å². The quantitative estimate of drug-likeness (QED) is 0.367. The molecular weight excluding hydrogens is 238 g/mol. The molecule has 0 unspecified atom stereocenters. The van der Waals surface area contributed by atoms with Crippen LogP contribution >= 0.6 is 11.8 Å². The van der Waals surface area contributed by atoms with E-state index in [-0.39, 0.29) is 5.84 Å². The number of pyridine rings is 1. The van der Waals surface area contributed by atoms with Gasteiger partial charge in [-0.1, -0.05) is 16.9 Å². The molecule has 17 heavy (non-hydrogen) atoms. The number of hydrogen-bond acceptors (Lipinski definition) is 5. The maximum Gasteiger partial charge on any atom is 0.188 e. The Balaban J connectivity index is 2.13. The Morgan fingerprint density at radius 3 is 2.76 bits per heavy atom. The molecule has 3 N–H and O–H groups in total. The molecule has 88 valence electrons. The van der Waals surface area contributed by atoms with E-state index in [1.54, 1.807) is 34.9 Å². The van der Waals surface area contributed by atoms with Crippen LogP contribution in [0.5, 0.6) is 0 Å². The van der Waals surface area contributed by atoms with E-state index in [1.165, 1.54) is 0 Å². The van der Waals surface area contributed by atoms with Crippen LogP contribution in [0.25, 0.3) is 0 Å². The Hall–Kier alpha value is -2.02. The van der Waals surface area contributed by atoms with Crippen molar-refractivity contribution in [1.82, 2.24) is 14.8 Å². The Labute approximate surface area is 102 Å². The fourth-order valence-corrected chi connectivity index (χ4v) is 2.05. The Morgan fingerprint density at radius 1 is 1.41 bits per heavy atom. The van der Waals surface area contributed by atoms with Gasteiger partial charge >= 0.3 is 0 Å². The second-order valence-corrected chi connectivity index (χ2v) is 4.46. The van der Waals surface area contributed by atoms with E-state index in [1.807, 2.05) is 19.3 Å². The van der Waals surface area contributed by atoms with Crippen molar-refractivity contribution in [3.05, 3.63) is 36.4 Å². The third kappa shape index (κ3) is 2.76. The first kappa shape index (κ1) is 11.5. The molecule has 0 radical (unpaired) electrons. The molecule has 0 aliphatic carbocycles. The first-order valence-electron chi connectivity index (χ1n) is 4.79. The topological polar surface area (TPSA) is 89.3 Å². The smallest absolute Gasteiger partial charge is 0.188 e. The van der Waals surface area contributed by atoms with E-state index in [4.69, 9.17) is 10.9 Å². The van der Waals surface area contributed by atoms with Crippen molar-refractivity contribution in [3.8, 4) is 0 Å². The summed E-state index contributed by atoms with van der Waals surface area (Å²) >= 11 is 1.55. The summed E-state index contributed by atoms with van der Waals surface area (Å²) in [6, 6.07) is 3.56. The SMILES string of the molecule is Cn1cc(Sc2ccc(/C(N)=N/O)nc2)cn1. The van der Waals surface area contributed by atoms with Crippen molar-refractivity contribution in [2.75, 3.05) is 0 Å². The van der Waals surface area contributed by atoms with Crippen LogP contribution < -0.4 is 5.73 Å². The lowest BCUT2D eigenvalue weighted by Gasteiger charge is -2.00. The molecule has 0 amide bonds. The van der Waals surface area contributed by atoms with Gasteiger partial charge in [0, 0.05) is 24.3 Å². The molecule has 2 aromatic rings. The van der Waals surface area contributed by atoms with Crippen LogP contribution in [0.15, 0.2) is 45.7 Å². The highest BCUT2D eigenvalue weighted by Gasteiger charge is 2.03. The van der Waals surface area contributed by atoms with Crippen molar-refractivity contribution < 1.29 is 5.21 Å². The van der Waals surface area contributed by atoms with Crippen molar-refractivity contribution in [3.63, 3.8) is 0 Å². The lowest BCUT2D eigenvalue weighted by Crippen LogP contribution is -2.14. The van der Waals surface area contributed by atoms with Gasteiger partial charge in [0.05, 0.1) is 11.1 Å². The number of aryl methyl sites for hydroxylation is 1. The molecule has 0 aliphatic heterocycles. The second kappa shape index (κ2) is 4.88. The molecule has 0 saturated heterocycles. The van der Waals surface area contributed by atoms with Crippen molar-refractivity contribution in [1.29, 1.82) is 0 Å². The number of aromatic nitrogens is 3. The van der Waals surface area contributed by atoms with Crippen LogP contribution in [0, 0.1) is 0 Å². The van der Waals surface area contributed by atoms with Gasteiger partial charge in [0.2, 0.25) is 0 Å². The summed E-state index contributed by atoms with van der Waals surface area (Å²) < 4.78 is 1.74. The average Bonchev–Trinajstić information content (AvgIpc) is 2.75. The predicted molar refractivity (Wildman–Crippen MR) is 64.1 cm³/mol.